The van der Waals surface area contributed by atoms with Gasteiger partial charge in [0.2, 0.25) is 11.7 Å². The number of hydrogen-bond acceptors (Lipinski definition) is 5. The Balaban J connectivity index is 1.66. The van der Waals surface area contributed by atoms with Crippen LogP contribution >= 0.6 is 15.9 Å². The highest BCUT2D eigenvalue weighted by molar-refractivity contribution is 9.10. The van der Waals surface area contributed by atoms with Crippen LogP contribution in [0, 0.1) is 6.92 Å². The molecule has 1 heterocycles. The van der Waals surface area contributed by atoms with Crippen LogP contribution in [0.1, 0.15) is 24.8 Å². The third kappa shape index (κ3) is 4.98. The van der Waals surface area contributed by atoms with E-state index in [0.29, 0.717) is 23.9 Å². The Kier molecular flexibility index (Phi) is 6.46. The van der Waals surface area contributed by atoms with E-state index >= 15 is 0 Å². The second kappa shape index (κ2) is 9.01. The Morgan fingerprint density at radius 2 is 2.04 bits per heavy atom. The maximum Gasteiger partial charge on any atom is 0.263 e. The molecule has 0 bridgehead atoms. The van der Waals surface area contributed by atoms with Crippen molar-refractivity contribution in [2.75, 3.05) is 7.05 Å². The van der Waals surface area contributed by atoms with Crippen LogP contribution in [0.25, 0.3) is 11.4 Å². The number of ether oxygens (including phenoxy) is 1. The molecule has 0 unspecified atom stereocenters. The quantitative estimate of drug-likeness (QED) is 0.532. The second-order valence-corrected chi connectivity index (χ2v) is 7.46. The summed E-state index contributed by atoms with van der Waals surface area (Å²) in [5.41, 5.74) is 1.92. The van der Waals surface area contributed by atoms with Crippen molar-refractivity contribution in [3.63, 3.8) is 0 Å². The van der Waals surface area contributed by atoms with E-state index in [1.165, 1.54) is 0 Å². The molecule has 2 aromatic carbocycles. The van der Waals surface area contributed by atoms with Crippen LogP contribution in [-0.4, -0.2) is 34.1 Å². The summed E-state index contributed by atoms with van der Waals surface area (Å²) >= 11 is 3.43. The van der Waals surface area contributed by atoms with Crippen molar-refractivity contribution in [1.82, 2.24) is 15.0 Å². The van der Waals surface area contributed by atoms with E-state index in [4.69, 9.17) is 9.26 Å². The van der Waals surface area contributed by atoms with Crippen molar-refractivity contribution >= 4 is 21.8 Å². The average Bonchev–Trinajstić information content (AvgIpc) is 3.14. The van der Waals surface area contributed by atoms with Crippen LogP contribution in [-0.2, 0) is 11.3 Å². The molecule has 0 aliphatic heterocycles. The van der Waals surface area contributed by atoms with Gasteiger partial charge in [0.1, 0.15) is 5.75 Å². The first-order valence-corrected chi connectivity index (χ1v) is 9.82. The van der Waals surface area contributed by atoms with E-state index < -0.39 is 6.10 Å². The highest BCUT2D eigenvalue weighted by Crippen LogP contribution is 2.21. The number of nitrogens with zero attached hydrogens (tertiary/aromatic N) is 3. The zero-order valence-electron chi connectivity index (χ0n) is 16.1. The summed E-state index contributed by atoms with van der Waals surface area (Å²) in [5, 5.41) is 4.01. The van der Waals surface area contributed by atoms with Gasteiger partial charge in [0.25, 0.3) is 5.91 Å². The Labute approximate surface area is 172 Å². The van der Waals surface area contributed by atoms with Crippen LogP contribution < -0.4 is 4.74 Å². The molecule has 0 radical (unpaired) electrons. The molecule has 0 spiro atoms. The number of halogens is 1. The van der Waals surface area contributed by atoms with Crippen molar-refractivity contribution in [1.29, 1.82) is 0 Å². The molecule has 3 aromatic rings. The molecule has 3 rings (SSSR count). The van der Waals surface area contributed by atoms with Crippen molar-refractivity contribution in [2.24, 2.45) is 0 Å². The largest absolute Gasteiger partial charge is 0.481 e. The molecule has 146 valence electrons. The van der Waals surface area contributed by atoms with Crippen molar-refractivity contribution in [3.8, 4) is 17.1 Å². The minimum atomic E-state index is -0.570. The van der Waals surface area contributed by atoms with Crippen LogP contribution in [0.2, 0.25) is 0 Å². The molecule has 0 saturated heterocycles. The molecule has 0 aliphatic rings. The highest BCUT2D eigenvalue weighted by Gasteiger charge is 2.24. The van der Waals surface area contributed by atoms with E-state index in [1.54, 1.807) is 11.9 Å². The first-order valence-electron chi connectivity index (χ1n) is 9.03. The number of carbonyl (C=O) groups excluding carboxylic acids is 1. The van der Waals surface area contributed by atoms with Gasteiger partial charge in [0, 0.05) is 17.1 Å². The van der Waals surface area contributed by atoms with Gasteiger partial charge in [0.05, 0.1) is 6.54 Å². The number of benzene rings is 2. The Morgan fingerprint density at radius 1 is 1.25 bits per heavy atom. The molecule has 6 nitrogen and oxygen atoms in total. The molecule has 1 atom stereocenters. The third-order valence-corrected chi connectivity index (χ3v) is 4.71. The van der Waals surface area contributed by atoms with Crippen LogP contribution in [0.5, 0.6) is 5.75 Å². The molecule has 0 fully saturated rings. The van der Waals surface area contributed by atoms with Gasteiger partial charge in [0.15, 0.2) is 6.10 Å². The number of aryl methyl sites for hydroxylation is 1. The minimum absolute atomic E-state index is 0.133. The zero-order chi connectivity index (χ0) is 20.1. The highest BCUT2D eigenvalue weighted by atomic mass is 79.9. The molecular weight excluding hydrogens is 422 g/mol. The van der Waals surface area contributed by atoms with Crippen molar-refractivity contribution in [2.45, 2.75) is 32.9 Å². The van der Waals surface area contributed by atoms with Gasteiger partial charge in [-0.05, 0) is 43.2 Å². The van der Waals surface area contributed by atoms with Gasteiger partial charge >= 0.3 is 0 Å². The van der Waals surface area contributed by atoms with Gasteiger partial charge in [-0.2, -0.15) is 4.98 Å². The lowest BCUT2D eigenvalue weighted by Crippen LogP contribution is -2.39. The van der Waals surface area contributed by atoms with E-state index in [1.807, 2.05) is 62.4 Å². The number of likely N-dealkylation sites (N-methyl/N-ethyl adjacent to an activating group) is 1. The summed E-state index contributed by atoms with van der Waals surface area (Å²) in [6, 6.07) is 15.3. The molecule has 28 heavy (non-hydrogen) atoms. The molecule has 1 amide bonds. The fourth-order valence-corrected chi connectivity index (χ4v) is 3.15. The lowest BCUT2D eigenvalue weighted by atomic mass is 10.2. The standard InChI is InChI=1S/C21H22BrN3O3/c1-4-18(27-17-10-5-7-14(2)11-17)21(26)25(3)13-19-23-20(24-28-19)15-8-6-9-16(22)12-15/h5-12,18H,4,13H2,1-3H3/t18-/m1/s1. The minimum Gasteiger partial charge on any atom is -0.481 e. The summed E-state index contributed by atoms with van der Waals surface area (Å²) in [6.45, 7) is 4.12. The molecule has 0 N–H and O–H groups in total. The lowest BCUT2D eigenvalue weighted by Gasteiger charge is -2.22. The summed E-state index contributed by atoms with van der Waals surface area (Å²) in [7, 11) is 1.70. The molecular formula is C21H22BrN3O3. The number of aromatic nitrogens is 2. The number of carbonyl (C=O) groups is 1. The maximum atomic E-state index is 12.8. The fourth-order valence-electron chi connectivity index (χ4n) is 2.75. The first kappa shape index (κ1) is 20.1. The molecule has 0 aliphatic carbocycles. The third-order valence-electron chi connectivity index (χ3n) is 4.21. The zero-order valence-corrected chi connectivity index (χ0v) is 17.6. The molecule has 7 heteroatoms. The summed E-state index contributed by atoms with van der Waals surface area (Å²) < 4.78 is 12.1. The van der Waals surface area contributed by atoms with Gasteiger partial charge in [-0.15, -0.1) is 0 Å². The Hall–Kier alpha value is -2.67. The van der Waals surface area contributed by atoms with Gasteiger partial charge in [-0.25, -0.2) is 0 Å². The predicted octanol–water partition coefficient (Wildman–Crippen LogP) is 4.62. The number of rotatable bonds is 7. The topological polar surface area (TPSA) is 68.5 Å². The maximum absolute atomic E-state index is 12.8. The van der Waals surface area contributed by atoms with E-state index in [-0.39, 0.29) is 12.5 Å². The van der Waals surface area contributed by atoms with Crippen molar-refractivity contribution < 1.29 is 14.1 Å². The SMILES string of the molecule is CC[C@@H](Oc1cccc(C)c1)C(=O)N(C)Cc1nc(-c2cccc(Br)c2)no1. The van der Waals surface area contributed by atoms with Gasteiger partial charge in [-0.3, -0.25) is 4.79 Å². The fraction of sp³-hybridized carbons (Fsp3) is 0.286. The normalized spacial score (nSPS) is 11.9. The van der Waals surface area contributed by atoms with Crippen molar-refractivity contribution in [3.05, 3.63) is 64.5 Å². The molecule has 1 aromatic heterocycles. The average molecular weight is 444 g/mol. The van der Waals surface area contributed by atoms with E-state index in [0.717, 1.165) is 15.6 Å². The number of hydrogen-bond donors (Lipinski definition) is 0. The smallest absolute Gasteiger partial charge is 0.263 e. The monoisotopic (exact) mass is 443 g/mol. The van der Waals surface area contributed by atoms with Crippen LogP contribution in [0.4, 0.5) is 0 Å². The number of amides is 1. The Bertz CT molecular complexity index is 957. The Morgan fingerprint density at radius 3 is 2.75 bits per heavy atom. The van der Waals surface area contributed by atoms with Crippen LogP contribution in [0.15, 0.2) is 57.5 Å². The van der Waals surface area contributed by atoms with Crippen LogP contribution in [0.3, 0.4) is 0 Å². The summed E-state index contributed by atoms with van der Waals surface area (Å²) in [4.78, 5) is 18.7. The molecule has 0 saturated carbocycles. The van der Waals surface area contributed by atoms with E-state index in [2.05, 4.69) is 26.1 Å². The van der Waals surface area contributed by atoms with Gasteiger partial charge in [-0.1, -0.05) is 52.3 Å². The lowest BCUT2D eigenvalue weighted by molar-refractivity contribution is -0.138. The predicted molar refractivity (Wildman–Crippen MR) is 110 cm³/mol. The van der Waals surface area contributed by atoms with E-state index in [9.17, 15) is 4.79 Å². The summed E-state index contributed by atoms with van der Waals surface area (Å²) in [5.74, 6) is 1.41. The summed E-state index contributed by atoms with van der Waals surface area (Å²) in [6.07, 6.45) is -0.0104. The second-order valence-electron chi connectivity index (χ2n) is 6.55. The van der Waals surface area contributed by atoms with Gasteiger partial charge < -0.3 is 14.2 Å². The first-order chi connectivity index (χ1) is 13.5.